The zero-order valence-electron chi connectivity index (χ0n) is 10.3. The number of hydrogen-bond acceptors (Lipinski definition) is 3. The Morgan fingerprint density at radius 1 is 1.61 bits per heavy atom. The van der Waals surface area contributed by atoms with Gasteiger partial charge in [0, 0.05) is 24.7 Å². The molecule has 5 heteroatoms. The molecule has 0 saturated carbocycles. The van der Waals surface area contributed by atoms with Gasteiger partial charge in [-0.2, -0.15) is 0 Å². The van der Waals surface area contributed by atoms with Crippen LogP contribution in [0.15, 0.2) is 18.2 Å². The first-order chi connectivity index (χ1) is 8.63. The lowest BCUT2D eigenvalue weighted by Gasteiger charge is -2.24. The van der Waals surface area contributed by atoms with Crippen LogP contribution in [0, 0.1) is 3.57 Å². The number of phenolic OH excluding ortho intramolecular Hbond substituents is 1. The Bertz CT molecular complexity index is 451. The SMILES string of the molecule is CNCC1CCCN1C(=O)c1ccc(I)c(O)c1. The predicted molar refractivity (Wildman–Crippen MR) is 78.8 cm³/mol. The van der Waals surface area contributed by atoms with Crippen LogP contribution in [0.1, 0.15) is 23.2 Å². The molecule has 0 aromatic heterocycles. The lowest BCUT2D eigenvalue weighted by Crippen LogP contribution is -2.40. The van der Waals surface area contributed by atoms with Gasteiger partial charge in [0.05, 0.1) is 3.57 Å². The second-order valence-corrected chi connectivity index (χ2v) is 5.68. The van der Waals surface area contributed by atoms with Crippen molar-refractivity contribution in [3.63, 3.8) is 0 Å². The van der Waals surface area contributed by atoms with Crippen molar-refractivity contribution in [1.82, 2.24) is 10.2 Å². The van der Waals surface area contributed by atoms with Crippen molar-refractivity contribution in [2.75, 3.05) is 20.1 Å². The van der Waals surface area contributed by atoms with E-state index < -0.39 is 0 Å². The van der Waals surface area contributed by atoms with Gasteiger partial charge in [-0.3, -0.25) is 4.79 Å². The van der Waals surface area contributed by atoms with Crippen LogP contribution in [-0.4, -0.2) is 42.1 Å². The molecule has 0 spiro atoms. The van der Waals surface area contributed by atoms with E-state index in [1.807, 2.05) is 34.5 Å². The molecule has 1 heterocycles. The summed E-state index contributed by atoms with van der Waals surface area (Å²) in [5, 5.41) is 12.8. The lowest BCUT2D eigenvalue weighted by molar-refractivity contribution is 0.0736. The number of benzene rings is 1. The molecule has 1 aromatic rings. The number of halogens is 1. The zero-order chi connectivity index (χ0) is 13.1. The summed E-state index contributed by atoms with van der Waals surface area (Å²) in [6, 6.07) is 5.37. The number of nitrogens with zero attached hydrogens (tertiary/aromatic N) is 1. The normalized spacial score (nSPS) is 19.2. The zero-order valence-corrected chi connectivity index (χ0v) is 12.5. The van der Waals surface area contributed by atoms with E-state index in [1.165, 1.54) is 0 Å². The average molecular weight is 360 g/mol. The molecular weight excluding hydrogens is 343 g/mol. The summed E-state index contributed by atoms with van der Waals surface area (Å²) in [7, 11) is 1.90. The molecule has 2 N–H and O–H groups in total. The fraction of sp³-hybridized carbons (Fsp3) is 0.462. The number of hydrogen-bond donors (Lipinski definition) is 2. The Hall–Kier alpha value is -0.820. The summed E-state index contributed by atoms with van der Waals surface area (Å²) in [6.07, 6.45) is 2.09. The second kappa shape index (κ2) is 5.88. The topological polar surface area (TPSA) is 52.6 Å². The van der Waals surface area contributed by atoms with Crippen LogP contribution in [0.5, 0.6) is 5.75 Å². The Balaban J connectivity index is 2.17. The van der Waals surface area contributed by atoms with Gasteiger partial charge in [0.1, 0.15) is 5.75 Å². The Morgan fingerprint density at radius 3 is 3.06 bits per heavy atom. The number of likely N-dealkylation sites (N-methyl/N-ethyl adjacent to an activating group) is 1. The minimum Gasteiger partial charge on any atom is -0.507 e. The van der Waals surface area contributed by atoms with Crippen LogP contribution in [0.4, 0.5) is 0 Å². The summed E-state index contributed by atoms with van der Waals surface area (Å²) in [5.41, 5.74) is 0.566. The molecular formula is C13H17IN2O2. The first-order valence-corrected chi connectivity index (χ1v) is 7.15. The smallest absolute Gasteiger partial charge is 0.254 e. The molecule has 0 bridgehead atoms. The number of phenols is 1. The standard InChI is InChI=1S/C13H17IN2O2/c1-15-8-10-3-2-6-16(10)13(18)9-4-5-11(14)12(17)7-9/h4-5,7,10,15,17H,2-3,6,8H2,1H3. The third kappa shape index (κ3) is 2.77. The number of aromatic hydroxyl groups is 1. The first kappa shape index (κ1) is 13.6. The summed E-state index contributed by atoms with van der Waals surface area (Å²) >= 11 is 2.05. The fourth-order valence-electron chi connectivity index (χ4n) is 2.36. The quantitative estimate of drug-likeness (QED) is 0.809. The molecule has 18 heavy (non-hydrogen) atoms. The average Bonchev–Trinajstić information content (AvgIpc) is 2.80. The van der Waals surface area contributed by atoms with E-state index in [1.54, 1.807) is 18.2 Å². The van der Waals surface area contributed by atoms with E-state index in [-0.39, 0.29) is 17.7 Å². The van der Waals surface area contributed by atoms with E-state index in [9.17, 15) is 9.90 Å². The van der Waals surface area contributed by atoms with Gasteiger partial charge in [-0.1, -0.05) is 0 Å². The van der Waals surface area contributed by atoms with E-state index in [2.05, 4.69) is 5.32 Å². The Morgan fingerprint density at radius 2 is 2.39 bits per heavy atom. The molecule has 0 aliphatic carbocycles. The van der Waals surface area contributed by atoms with Crippen LogP contribution >= 0.6 is 22.6 Å². The van der Waals surface area contributed by atoms with E-state index >= 15 is 0 Å². The van der Waals surface area contributed by atoms with E-state index in [0.717, 1.165) is 29.5 Å². The maximum atomic E-state index is 12.4. The minimum atomic E-state index is 0.0134. The van der Waals surface area contributed by atoms with Crippen LogP contribution in [0.3, 0.4) is 0 Å². The van der Waals surface area contributed by atoms with E-state index in [4.69, 9.17) is 0 Å². The maximum absolute atomic E-state index is 12.4. The van der Waals surface area contributed by atoms with Crippen molar-refractivity contribution in [1.29, 1.82) is 0 Å². The Kier molecular flexibility index (Phi) is 4.45. The number of nitrogens with one attached hydrogen (secondary N) is 1. The highest BCUT2D eigenvalue weighted by Gasteiger charge is 2.28. The number of carbonyl (C=O) groups is 1. The van der Waals surface area contributed by atoms with Crippen LogP contribution < -0.4 is 5.32 Å². The molecule has 98 valence electrons. The van der Waals surface area contributed by atoms with Crippen LogP contribution in [-0.2, 0) is 0 Å². The van der Waals surface area contributed by atoms with Crippen molar-refractivity contribution < 1.29 is 9.90 Å². The molecule has 1 fully saturated rings. The summed E-state index contributed by atoms with van der Waals surface area (Å²) < 4.78 is 0.761. The summed E-state index contributed by atoms with van der Waals surface area (Å²) in [4.78, 5) is 14.3. The highest BCUT2D eigenvalue weighted by atomic mass is 127. The van der Waals surface area contributed by atoms with Gasteiger partial charge in [0.2, 0.25) is 0 Å². The number of amides is 1. The monoisotopic (exact) mass is 360 g/mol. The fourth-order valence-corrected chi connectivity index (χ4v) is 2.70. The highest BCUT2D eigenvalue weighted by Crippen LogP contribution is 2.24. The van der Waals surface area contributed by atoms with Crippen molar-refractivity contribution in [2.24, 2.45) is 0 Å². The van der Waals surface area contributed by atoms with Gasteiger partial charge in [-0.25, -0.2) is 0 Å². The predicted octanol–water partition coefficient (Wildman–Crippen LogP) is 1.82. The van der Waals surface area contributed by atoms with Crippen molar-refractivity contribution in [3.8, 4) is 5.75 Å². The number of likely N-dealkylation sites (tertiary alicyclic amines) is 1. The molecule has 1 aliphatic heterocycles. The van der Waals surface area contributed by atoms with Crippen LogP contribution in [0.2, 0.25) is 0 Å². The molecule has 1 atom stereocenters. The molecule has 0 radical (unpaired) electrons. The third-order valence-corrected chi connectivity index (χ3v) is 4.18. The second-order valence-electron chi connectivity index (χ2n) is 4.52. The van der Waals surface area contributed by atoms with Crippen LogP contribution in [0.25, 0.3) is 0 Å². The molecule has 1 amide bonds. The van der Waals surface area contributed by atoms with E-state index in [0.29, 0.717) is 5.56 Å². The molecule has 1 aliphatic rings. The van der Waals surface area contributed by atoms with Gasteiger partial charge in [-0.05, 0) is 60.7 Å². The first-order valence-electron chi connectivity index (χ1n) is 6.07. The van der Waals surface area contributed by atoms with Crippen molar-refractivity contribution in [3.05, 3.63) is 27.3 Å². The summed E-state index contributed by atoms with van der Waals surface area (Å²) in [5.74, 6) is 0.185. The van der Waals surface area contributed by atoms with Gasteiger partial charge < -0.3 is 15.3 Å². The van der Waals surface area contributed by atoms with Gasteiger partial charge in [-0.15, -0.1) is 0 Å². The highest BCUT2D eigenvalue weighted by molar-refractivity contribution is 14.1. The third-order valence-electron chi connectivity index (χ3n) is 3.27. The minimum absolute atomic E-state index is 0.0134. The van der Waals surface area contributed by atoms with Gasteiger partial charge in [0.25, 0.3) is 5.91 Å². The van der Waals surface area contributed by atoms with Gasteiger partial charge >= 0.3 is 0 Å². The largest absolute Gasteiger partial charge is 0.507 e. The van der Waals surface area contributed by atoms with Crippen molar-refractivity contribution in [2.45, 2.75) is 18.9 Å². The Labute approximate surface area is 121 Å². The molecule has 1 saturated heterocycles. The van der Waals surface area contributed by atoms with Crippen molar-refractivity contribution >= 4 is 28.5 Å². The molecule has 1 aromatic carbocycles. The summed E-state index contributed by atoms with van der Waals surface area (Å²) in [6.45, 7) is 1.63. The molecule has 4 nitrogen and oxygen atoms in total. The van der Waals surface area contributed by atoms with Gasteiger partial charge in [0.15, 0.2) is 0 Å². The maximum Gasteiger partial charge on any atom is 0.254 e. The number of carbonyl (C=O) groups excluding carboxylic acids is 1. The number of rotatable bonds is 3. The lowest BCUT2D eigenvalue weighted by atomic mass is 10.1. The molecule has 1 unspecified atom stereocenters. The molecule has 2 rings (SSSR count).